The van der Waals surface area contributed by atoms with Gasteiger partial charge >= 0.3 is 5.97 Å². The van der Waals surface area contributed by atoms with E-state index < -0.39 is 0 Å². The molecular formula is C31H55N2O5+. The first-order chi connectivity index (χ1) is 18.3. The molecule has 1 aromatic heterocycles. The standard InChI is InChI=1S/C31H55N2O5/c1-6-8-9-10-11-12-13-14-15-16-17-19-29(35)36-21-20-33(4,5)22-28-26(23-34)27-24-37-30(18-7-2)38-31(27)25(3)32-28/h30,34H,6-24H2,1-5H3/q+1. The molecule has 2 heterocycles. The fourth-order valence-electron chi connectivity index (χ4n) is 5.09. The molecule has 38 heavy (non-hydrogen) atoms. The van der Waals surface area contributed by atoms with Gasteiger partial charge in [-0.15, -0.1) is 0 Å². The van der Waals surface area contributed by atoms with Crippen LogP contribution in [0.2, 0.25) is 0 Å². The molecule has 0 radical (unpaired) electrons. The second-order valence-electron chi connectivity index (χ2n) is 11.6. The number of hydrogen-bond donors (Lipinski definition) is 1. The first-order valence-electron chi connectivity index (χ1n) is 15.2. The number of esters is 1. The summed E-state index contributed by atoms with van der Waals surface area (Å²) in [5.74, 6) is 0.653. The minimum Gasteiger partial charge on any atom is -0.463 e. The third kappa shape index (κ3) is 11.6. The Labute approximate surface area is 231 Å². The van der Waals surface area contributed by atoms with Crippen LogP contribution in [-0.4, -0.2) is 54.1 Å². The number of fused-ring (bicyclic) bond motifs is 1. The van der Waals surface area contributed by atoms with Crippen molar-refractivity contribution in [1.82, 2.24) is 4.98 Å². The maximum atomic E-state index is 12.2. The molecule has 1 unspecified atom stereocenters. The fraction of sp³-hybridized carbons (Fsp3) is 0.806. The number of aliphatic hydroxyl groups is 1. The van der Waals surface area contributed by atoms with Gasteiger partial charge in [0.1, 0.15) is 31.1 Å². The third-order valence-electron chi connectivity index (χ3n) is 7.49. The van der Waals surface area contributed by atoms with Crippen molar-refractivity contribution in [2.75, 3.05) is 27.2 Å². The van der Waals surface area contributed by atoms with Crippen LogP contribution < -0.4 is 4.74 Å². The van der Waals surface area contributed by atoms with Crippen LogP contribution in [0.15, 0.2) is 0 Å². The zero-order valence-electron chi connectivity index (χ0n) is 25.0. The molecule has 0 aliphatic carbocycles. The van der Waals surface area contributed by atoms with Crippen molar-refractivity contribution in [2.45, 2.75) is 137 Å². The molecule has 1 aliphatic heterocycles. The molecule has 2 rings (SSSR count). The Morgan fingerprint density at radius 1 is 1.00 bits per heavy atom. The third-order valence-corrected chi connectivity index (χ3v) is 7.49. The van der Waals surface area contributed by atoms with Gasteiger partial charge in [-0.3, -0.25) is 4.79 Å². The quantitative estimate of drug-likeness (QED) is 0.113. The number of aliphatic hydroxyl groups excluding tert-OH is 1. The molecule has 7 nitrogen and oxygen atoms in total. The van der Waals surface area contributed by atoms with Gasteiger partial charge in [-0.2, -0.15) is 0 Å². The predicted octanol–water partition coefficient (Wildman–Crippen LogP) is 6.74. The van der Waals surface area contributed by atoms with Gasteiger partial charge in [0.15, 0.2) is 6.29 Å². The molecule has 1 atom stereocenters. The lowest BCUT2D eigenvalue weighted by Gasteiger charge is -2.32. The number of aryl methyl sites for hydroxylation is 1. The van der Waals surface area contributed by atoms with E-state index in [1.54, 1.807) is 0 Å². The lowest BCUT2D eigenvalue weighted by atomic mass is 10.0. The lowest BCUT2D eigenvalue weighted by Crippen LogP contribution is -2.42. The number of quaternary nitrogens is 1. The molecule has 1 N–H and O–H groups in total. The molecule has 0 aromatic carbocycles. The lowest BCUT2D eigenvalue weighted by molar-refractivity contribution is -0.904. The van der Waals surface area contributed by atoms with Gasteiger partial charge in [-0.1, -0.05) is 84.5 Å². The van der Waals surface area contributed by atoms with E-state index >= 15 is 0 Å². The summed E-state index contributed by atoms with van der Waals surface area (Å²) in [5, 5.41) is 10.2. The van der Waals surface area contributed by atoms with Crippen LogP contribution in [0.25, 0.3) is 0 Å². The normalized spacial score (nSPS) is 15.3. The highest BCUT2D eigenvalue weighted by molar-refractivity contribution is 5.69. The highest BCUT2D eigenvalue weighted by Gasteiger charge is 2.29. The number of rotatable bonds is 20. The molecule has 7 heteroatoms. The Bertz CT molecular complexity index is 827. The first kappa shape index (κ1) is 32.5. The van der Waals surface area contributed by atoms with Crippen LogP contribution in [0.4, 0.5) is 0 Å². The van der Waals surface area contributed by atoms with Crippen molar-refractivity contribution in [3.8, 4) is 5.75 Å². The van der Waals surface area contributed by atoms with E-state index in [0.717, 1.165) is 53.9 Å². The fourth-order valence-corrected chi connectivity index (χ4v) is 5.09. The molecular weight excluding hydrogens is 480 g/mol. The van der Waals surface area contributed by atoms with Crippen molar-refractivity contribution in [1.29, 1.82) is 0 Å². The van der Waals surface area contributed by atoms with Gasteiger partial charge in [0.25, 0.3) is 0 Å². The smallest absolute Gasteiger partial charge is 0.305 e. The first-order valence-corrected chi connectivity index (χ1v) is 15.2. The summed E-state index contributed by atoms with van der Waals surface area (Å²) in [4.78, 5) is 17.0. The summed E-state index contributed by atoms with van der Waals surface area (Å²) in [7, 11) is 4.19. The van der Waals surface area contributed by atoms with Gasteiger partial charge in [0, 0.05) is 24.0 Å². The summed E-state index contributed by atoms with van der Waals surface area (Å²) < 4.78 is 18.1. The average molecular weight is 536 g/mol. The molecule has 0 saturated carbocycles. The number of aromatic nitrogens is 1. The van der Waals surface area contributed by atoms with Crippen LogP contribution >= 0.6 is 0 Å². The van der Waals surface area contributed by atoms with Crippen molar-refractivity contribution in [3.63, 3.8) is 0 Å². The van der Waals surface area contributed by atoms with Crippen molar-refractivity contribution in [2.24, 2.45) is 0 Å². The van der Waals surface area contributed by atoms with E-state index in [9.17, 15) is 9.90 Å². The highest BCUT2D eigenvalue weighted by atomic mass is 16.7. The second kappa shape index (κ2) is 17.8. The van der Waals surface area contributed by atoms with Crippen molar-refractivity contribution < 1.29 is 28.6 Å². The molecule has 0 bridgehead atoms. The summed E-state index contributed by atoms with van der Waals surface area (Å²) in [6.07, 6.45) is 16.0. The average Bonchev–Trinajstić information content (AvgIpc) is 2.87. The monoisotopic (exact) mass is 535 g/mol. The van der Waals surface area contributed by atoms with Gasteiger partial charge in [-0.25, -0.2) is 4.98 Å². The van der Waals surface area contributed by atoms with E-state index in [4.69, 9.17) is 19.2 Å². The molecule has 1 aliphatic rings. The highest BCUT2D eigenvalue weighted by Crippen LogP contribution is 2.34. The maximum absolute atomic E-state index is 12.2. The number of nitrogens with zero attached hydrogens (tertiary/aromatic N) is 2. The van der Waals surface area contributed by atoms with Crippen LogP contribution in [0.1, 0.15) is 126 Å². The SMILES string of the molecule is CCCCCCCCCCCCCC(=O)OCC[N+](C)(C)Cc1nc(C)c2c(c1CO)COC(CCC)O2. The number of pyridine rings is 1. The van der Waals surface area contributed by atoms with Gasteiger partial charge in [-0.05, 0) is 13.3 Å². The van der Waals surface area contributed by atoms with Crippen LogP contribution in [0.3, 0.4) is 0 Å². The molecule has 0 saturated heterocycles. The van der Waals surface area contributed by atoms with Gasteiger partial charge in [0.05, 0.1) is 33.0 Å². The van der Waals surface area contributed by atoms with E-state index in [1.165, 1.54) is 57.8 Å². The molecule has 0 spiro atoms. The summed E-state index contributed by atoms with van der Waals surface area (Å²) in [5.41, 5.74) is 3.37. The topological polar surface area (TPSA) is 77.9 Å². The zero-order valence-corrected chi connectivity index (χ0v) is 25.0. The van der Waals surface area contributed by atoms with Gasteiger partial charge < -0.3 is 23.8 Å². The molecule has 1 aromatic rings. The second-order valence-corrected chi connectivity index (χ2v) is 11.6. The number of unbranched alkanes of at least 4 members (excludes halogenated alkanes) is 10. The summed E-state index contributed by atoms with van der Waals surface area (Å²) in [6.45, 7) is 8.32. The van der Waals surface area contributed by atoms with E-state index in [0.29, 0.717) is 37.2 Å². The largest absolute Gasteiger partial charge is 0.463 e. The Hall–Kier alpha value is -1.70. The number of likely N-dealkylation sites (N-methyl/N-ethyl adjacent to an activating group) is 1. The molecule has 218 valence electrons. The Morgan fingerprint density at radius 2 is 1.63 bits per heavy atom. The maximum Gasteiger partial charge on any atom is 0.305 e. The Kier molecular flexibility index (Phi) is 15.2. The number of hydrogen-bond acceptors (Lipinski definition) is 6. The minimum absolute atomic E-state index is 0.101. The predicted molar refractivity (Wildman–Crippen MR) is 152 cm³/mol. The van der Waals surface area contributed by atoms with Crippen molar-refractivity contribution in [3.05, 3.63) is 22.5 Å². The molecule has 0 fully saturated rings. The van der Waals surface area contributed by atoms with Crippen LogP contribution in [0.5, 0.6) is 5.75 Å². The van der Waals surface area contributed by atoms with Crippen LogP contribution in [-0.2, 0) is 34.0 Å². The molecule has 0 amide bonds. The Morgan fingerprint density at radius 3 is 2.24 bits per heavy atom. The number of carbonyl (C=O) groups is 1. The number of carbonyl (C=O) groups excluding carboxylic acids is 1. The van der Waals surface area contributed by atoms with Crippen molar-refractivity contribution >= 4 is 5.97 Å². The summed E-state index contributed by atoms with van der Waals surface area (Å²) >= 11 is 0. The van der Waals surface area contributed by atoms with E-state index in [2.05, 4.69) is 27.9 Å². The summed E-state index contributed by atoms with van der Waals surface area (Å²) in [6, 6.07) is 0. The zero-order chi connectivity index (χ0) is 27.8. The Balaban J connectivity index is 1.69. The number of ether oxygens (including phenoxy) is 3. The minimum atomic E-state index is -0.252. The van der Waals surface area contributed by atoms with Crippen LogP contribution in [0, 0.1) is 6.92 Å². The van der Waals surface area contributed by atoms with E-state index in [1.807, 2.05) is 6.92 Å². The van der Waals surface area contributed by atoms with E-state index in [-0.39, 0.29) is 18.9 Å². The van der Waals surface area contributed by atoms with Gasteiger partial charge in [0.2, 0.25) is 0 Å².